The lowest BCUT2D eigenvalue weighted by Crippen LogP contribution is -2.41. The predicted octanol–water partition coefficient (Wildman–Crippen LogP) is 4.89. The minimum absolute atomic E-state index is 0.118. The van der Waals surface area contributed by atoms with Crippen molar-refractivity contribution in [1.29, 1.82) is 0 Å². The van der Waals surface area contributed by atoms with E-state index in [9.17, 15) is 4.79 Å². The second-order valence-corrected chi connectivity index (χ2v) is 12.0. The molecule has 0 bridgehead atoms. The lowest BCUT2D eigenvalue weighted by atomic mass is 10.0. The van der Waals surface area contributed by atoms with Crippen LogP contribution in [0.3, 0.4) is 0 Å². The van der Waals surface area contributed by atoms with Crippen LogP contribution in [0.15, 0.2) is 36.5 Å². The summed E-state index contributed by atoms with van der Waals surface area (Å²) in [5.74, 6) is 0. The van der Waals surface area contributed by atoms with E-state index in [0.717, 1.165) is 22.8 Å². The highest BCUT2D eigenvalue weighted by molar-refractivity contribution is 6.74. The summed E-state index contributed by atoms with van der Waals surface area (Å²) in [6, 6.07) is 10.1. The number of aromatic nitrogens is 1. The first-order valence-electron chi connectivity index (χ1n) is 7.71. The van der Waals surface area contributed by atoms with Crippen molar-refractivity contribution in [3.05, 3.63) is 42.1 Å². The Bertz CT molecular complexity index is 661. The molecule has 0 amide bonds. The van der Waals surface area contributed by atoms with Gasteiger partial charge in [-0.15, -0.1) is 0 Å². The highest BCUT2D eigenvalue weighted by Gasteiger charge is 2.39. The van der Waals surface area contributed by atoms with E-state index in [2.05, 4.69) is 44.9 Å². The van der Waals surface area contributed by atoms with Crippen LogP contribution in [0, 0.1) is 0 Å². The zero-order valence-electron chi connectivity index (χ0n) is 14.1. The van der Waals surface area contributed by atoms with E-state index in [1.807, 2.05) is 24.3 Å². The van der Waals surface area contributed by atoms with Crippen molar-refractivity contribution in [2.75, 3.05) is 0 Å². The van der Waals surface area contributed by atoms with E-state index in [1.54, 1.807) is 6.20 Å². The molecule has 1 aromatic heterocycles. The zero-order chi connectivity index (χ0) is 16.4. The van der Waals surface area contributed by atoms with E-state index in [1.165, 1.54) is 0 Å². The fourth-order valence-electron chi connectivity index (χ4n) is 2.17. The molecule has 22 heavy (non-hydrogen) atoms. The van der Waals surface area contributed by atoms with Gasteiger partial charge in [0.05, 0.1) is 11.6 Å². The van der Waals surface area contributed by atoms with Crippen molar-refractivity contribution >= 4 is 25.5 Å². The molecular formula is C18H25NO2Si. The number of pyridine rings is 1. The van der Waals surface area contributed by atoms with Crippen molar-refractivity contribution in [2.45, 2.75) is 51.4 Å². The zero-order valence-corrected chi connectivity index (χ0v) is 15.1. The molecule has 0 N–H and O–H groups in total. The van der Waals surface area contributed by atoms with Gasteiger partial charge in [0.2, 0.25) is 0 Å². The number of hydrogen-bond donors (Lipinski definition) is 0. The molecule has 0 spiro atoms. The average Bonchev–Trinajstić information content (AvgIpc) is 2.45. The van der Waals surface area contributed by atoms with Crippen LogP contribution >= 0.6 is 0 Å². The largest absolute Gasteiger partial charge is 0.410 e. The molecule has 0 saturated carbocycles. The molecule has 0 aliphatic heterocycles. The first-order chi connectivity index (χ1) is 10.2. The predicted molar refractivity (Wildman–Crippen MR) is 93.4 cm³/mol. The molecule has 3 nitrogen and oxygen atoms in total. The van der Waals surface area contributed by atoms with Crippen molar-refractivity contribution in [3.8, 4) is 0 Å². The summed E-state index contributed by atoms with van der Waals surface area (Å²) in [6.45, 7) is 11.1. The van der Waals surface area contributed by atoms with Gasteiger partial charge < -0.3 is 9.22 Å². The summed E-state index contributed by atoms with van der Waals surface area (Å²) in [4.78, 5) is 15.5. The van der Waals surface area contributed by atoms with Gasteiger partial charge in [-0.05, 0) is 41.9 Å². The fourth-order valence-corrected chi connectivity index (χ4v) is 3.46. The number of nitrogens with zero attached hydrogens (tertiary/aromatic N) is 1. The van der Waals surface area contributed by atoms with Gasteiger partial charge in [-0.3, -0.25) is 4.98 Å². The Balaban J connectivity index is 2.35. The fraction of sp³-hybridized carbons (Fsp3) is 0.444. The van der Waals surface area contributed by atoms with Gasteiger partial charge >= 0.3 is 0 Å². The standard InChI is InChI=1S/C18H25NO2Si/c1-18(2,3)22(4,5)21-17(10-12-20)15-8-9-16-14(13-15)7-6-11-19-16/h6-9,11-13,17H,10H2,1-5H3/t17-/m0/s1. The van der Waals surface area contributed by atoms with Gasteiger partial charge in [0, 0.05) is 18.0 Å². The third-order valence-corrected chi connectivity index (χ3v) is 9.04. The molecule has 0 unspecified atom stereocenters. The second-order valence-electron chi connectivity index (χ2n) is 7.22. The van der Waals surface area contributed by atoms with Crippen LogP contribution in [0.2, 0.25) is 18.1 Å². The second kappa shape index (κ2) is 6.30. The van der Waals surface area contributed by atoms with E-state index in [-0.39, 0.29) is 11.1 Å². The van der Waals surface area contributed by atoms with Crippen LogP contribution in [-0.2, 0) is 9.22 Å². The quantitative estimate of drug-likeness (QED) is 0.582. The van der Waals surface area contributed by atoms with Crippen molar-refractivity contribution < 1.29 is 9.22 Å². The van der Waals surface area contributed by atoms with Gasteiger partial charge in [0.15, 0.2) is 8.32 Å². The lowest BCUT2D eigenvalue weighted by molar-refractivity contribution is -0.109. The molecule has 1 aromatic carbocycles. The molecule has 118 valence electrons. The molecule has 0 fully saturated rings. The molecule has 0 aliphatic carbocycles. The molecule has 2 aromatic rings. The Morgan fingerprint density at radius 1 is 1.27 bits per heavy atom. The highest BCUT2D eigenvalue weighted by Crippen LogP contribution is 2.40. The van der Waals surface area contributed by atoms with Gasteiger partial charge in [0.25, 0.3) is 0 Å². The highest BCUT2D eigenvalue weighted by atomic mass is 28.4. The van der Waals surface area contributed by atoms with Crippen molar-refractivity contribution in [1.82, 2.24) is 4.98 Å². The molecule has 0 radical (unpaired) electrons. The van der Waals surface area contributed by atoms with Crippen LogP contribution in [-0.4, -0.2) is 19.6 Å². The summed E-state index contributed by atoms with van der Waals surface area (Å²) < 4.78 is 6.46. The number of fused-ring (bicyclic) bond motifs is 1. The van der Waals surface area contributed by atoms with Gasteiger partial charge in [-0.25, -0.2) is 0 Å². The summed E-state index contributed by atoms with van der Waals surface area (Å²) in [6.07, 6.45) is 2.95. The maximum atomic E-state index is 11.1. The maximum Gasteiger partial charge on any atom is 0.192 e. The Hall–Kier alpha value is -1.52. The number of aldehydes is 1. The van der Waals surface area contributed by atoms with Gasteiger partial charge in [-0.2, -0.15) is 0 Å². The maximum absolute atomic E-state index is 11.1. The minimum atomic E-state index is -1.93. The summed E-state index contributed by atoms with van der Waals surface area (Å²) in [5, 5.41) is 1.20. The lowest BCUT2D eigenvalue weighted by Gasteiger charge is -2.39. The molecule has 2 rings (SSSR count). The van der Waals surface area contributed by atoms with E-state index < -0.39 is 8.32 Å². The smallest absolute Gasteiger partial charge is 0.192 e. The Kier molecular flexibility index (Phi) is 4.83. The molecular weight excluding hydrogens is 290 g/mol. The van der Waals surface area contributed by atoms with Gasteiger partial charge in [0.1, 0.15) is 6.29 Å². The summed E-state index contributed by atoms with van der Waals surface area (Å²) >= 11 is 0. The molecule has 0 saturated heterocycles. The van der Waals surface area contributed by atoms with Crippen LogP contribution in [0.1, 0.15) is 38.9 Å². The monoisotopic (exact) mass is 315 g/mol. The number of benzene rings is 1. The number of carbonyl (C=O) groups excluding carboxylic acids is 1. The topological polar surface area (TPSA) is 39.2 Å². The third-order valence-electron chi connectivity index (χ3n) is 4.55. The van der Waals surface area contributed by atoms with Crippen molar-refractivity contribution in [3.63, 3.8) is 0 Å². The molecule has 1 atom stereocenters. The third kappa shape index (κ3) is 3.62. The van der Waals surface area contributed by atoms with Crippen LogP contribution in [0.4, 0.5) is 0 Å². The molecule has 1 heterocycles. The van der Waals surface area contributed by atoms with Crippen molar-refractivity contribution in [2.24, 2.45) is 0 Å². The van der Waals surface area contributed by atoms with E-state index in [0.29, 0.717) is 6.42 Å². The van der Waals surface area contributed by atoms with Crippen LogP contribution in [0.25, 0.3) is 10.9 Å². The summed E-state index contributed by atoms with van der Waals surface area (Å²) in [7, 11) is -1.93. The summed E-state index contributed by atoms with van der Waals surface area (Å²) in [5.41, 5.74) is 2.01. The first kappa shape index (κ1) is 16.8. The number of carbonyl (C=O) groups is 1. The number of hydrogen-bond acceptors (Lipinski definition) is 3. The SMILES string of the molecule is CC(C)(C)[Si](C)(C)O[C@@H](CC=O)c1ccc2ncccc2c1. The first-order valence-corrected chi connectivity index (χ1v) is 10.6. The normalized spacial score (nSPS) is 14.0. The number of rotatable bonds is 5. The average molecular weight is 315 g/mol. The van der Waals surface area contributed by atoms with Gasteiger partial charge in [-0.1, -0.05) is 32.9 Å². The van der Waals surface area contributed by atoms with E-state index in [4.69, 9.17) is 4.43 Å². The molecule has 0 aliphatic rings. The minimum Gasteiger partial charge on any atom is -0.410 e. The van der Waals surface area contributed by atoms with Crippen LogP contribution < -0.4 is 0 Å². The Morgan fingerprint density at radius 3 is 2.64 bits per heavy atom. The molecule has 4 heteroatoms. The van der Waals surface area contributed by atoms with Crippen LogP contribution in [0.5, 0.6) is 0 Å². The Labute approximate surface area is 133 Å². The van der Waals surface area contributed by atoms with E-state index >= 15 is 0 Å². The Morgan fingerprint density at radius 2 is 2.00 bits per heavy atom.